The van der Waals surface area contributed by atoms with Crippen LogP contribution in [0, 0.1) is 17.3 Å². The second-order valence-corrected chi connectivity index (χ2v) is 14.9. The van der Waals surface area contributed by atoms with Gasteiger partial charge in [0.05, 0.1) is 11.0 Å². The maximum atomic E-state index is 12.4. The van der Waals surface area contributed by atoms with Crippen molar-refractivity contribution in [2.45, 2.75) is 99.9 Å². The van der Waals surface area contributed by atoms with Crippen LogP contribution in [0.5, 0.6) is 11.5 Å². The topological polar surface area (TPSA) is 62.2 Å². The van der Waals surface area contributed by atoms with Gasteiger partial charge in [0.25, 0.3) is 0 Å². The number of nitrogens with zero attached hydrogens (tertiary/aromatic N) is 1. The summed E-state index contributed by atoms with van der Waals surface area (Å²) in [5.74, 6) is 1.76. The van der Waals surface area contributed by atoms with Crippen molar-refractivity contribution < 1.29 is 19.7 Å². The van der Waals surface area contributed by atoms with Gasteiger partial charge in [0.15, 0.2) is 11.5 Å². The molecule has 5 fully saturated rings. The molecule has 7 atom stereocenters. The van der Waals surface area contributed by atoms with E-state index in [0.717, 1.165) is 51.0 Å². The molecule has 0 amide bonds. The molecular formula is C32H41NO4S. The summed E-state index contributed by atoms with van der Waals surface area (Å²) < 4.78 is 13.8. The fraction of sp³-hybridized carbons (Fsp3) is 0.688. The number of fused-ring (bicyclic) bond motifs is 2. The Balaban J connectivity index is 1.31. The Hall–Kier alpha value is -1.60. The molecule has 1 aromatic carbocycles. The molecule has 7 aliphatic rings. The first-order valence-electron chi connectivity index (χ1n) is 14.8. The van der Waals surface area contributed by atoms with E-state index in [-0.39, 0.29) is 22.5 Å². The Morgan fingerprint density at radius 3 is 2.79 bits per heavy atom. The minimum atomic E-state index is -0.895. The fourth-order valence-electron chi connectivity index (χ4n) is 10.8. The monoisotopic (exact) mass is 535 g/mol. The predicted molar refractivity (Wildman–Crippen MR) is 148 cm³/mol. The normalized spacial score (nSPS) is 42.0. The SMILES string of the molecule is CO[C@]12CC[C@@]3(CC1C(C)(O)CCc1cccs1)[C@H]1Cc4ccc(O)c5c4[C@@]3(CCN1CC1CC1)[C@]2(C)O5. The third kappa shape index (κ3) is 2.65. The molecule has 9 rings (SSSR count). The summed E-state index contributed by atoms with van der Waals surface area (Å²) in [4.78, 5) is 4.16. The number of benzene rings is 1. The van der Waals surface area contributed by atoms with E-state index in [0.29, 0.717) is 18.2 Å². The number of aromatic hydroxyl groups is 1. The molecule has 2 spiro atoms. The summed E-state index contributed by atoms with van der Waals surface area (Å²) >= 11 is 1.77. The van der Waals surface area contributed by atoms with Gasteiger partial charge in [-0.2, -0.15) is 0 Å². The van der Waals surface area contributed by atoms with Crippen LogP contribution in [0.1, 0.15) is 74.8 Å². The van der Waals surface area contributed by atoms with Crippen molar-refractivity contribution >= 4 is 11.3 Å². The lowest BCUT2D eigenvalue weighted by molar-refractivity contribution is -0.337. The zero-order chi connectivity index (χ0) is 26.1. The number of piperidine rings is 1. The van der Waals surface area contributed by atoms with Crippen molar-refractivity contribution in [1.82, 2.24) is 4.90 Å². The molecule has 1 aromatic heterocycles. The van der Waals surface area contributed by atoms with Crippen LogP contribution in [-0.4, -0.2) is 58.2 Å². The standard InChI is InChI=1S/C32H41NO4S/c1-28(35,11-10-22-5-4-16-38-22)24-18-30-12-13-32(24,36-3)29(2)31(30)14-15-33(19-20-6-7-20)25(30)17-21-8-9-23(34)27(37-29)26(21)31/h4-5,8-9,16,20,24-25,34-35H,6-7,10-15,17-19H2,1-3H3/t24?,25-,28?,29+,30-,31+,32-/m1/s1. The van der Waals surface area contributed by atoms with E-state index in [1.54, 1.807) is 11.3 Å². The number of thiophene rings is 1. The van der Waals surface area contributed by atoms with E-state index in [4.69, 9.17) is 9.47 Å². The van der Waals surface area contributed by atoms with Crippen LogP contribution in [-0.2, 0) is 23.0 Å². The highest BCUT2D eigenvalue weighted by Crippen LogP contribution is 2.81. The second-order valence-electron chi connectivity index (χ2n) is 13.8. The molecule has 1 saturated heterocycles. The van der Waals surface area contributed by atoms with Gasteiger partial charge in [-0.1, -0.05) is 12.1 Å². The Kier molecular flexibility index (Phi) is 4.82. The first kappa shape index (κ1) is 24.2. The van der Waals surface area contributed by atoms with Crippen LogP contribution in [0.3, 0.4) is 0 Å². The zero-order valence-electron chi connectivity index (χ0n) is 23.0. The van der Waals surface area contributed by atoms with Gasteiger partial charge < -0.3 is 19.7 Å². The quantitative estimate of drug-likeness (QED) is 0.494. The van der Waals surface area contributed by atoms with E-state index in [2.05, 4.69) is 42.3 Å². The first-order chi connectivity index (χ1) is 18.2. The Bertz CT molecular complexity index is 1290. The summed E-state index contributed by atoms with van der Waals surface area (Å²) in [6.45, 7) is 6.63. The lowest BCUT2D eigenvalue weighted by Gasteiger charge is -2.78. The highest BCUT2D eigenvalue weighted by molar-refractivity contribution is 7.09. The molecule has 204 valence electrons. The molecule has 2 aliphatic heterocycles. The Morgan fingerprint density at radius 2 is 2.05 bits per heavy atom. The summed E-state index contributed by atoms with van der Waals surface area (Å²) in [5, 5.41) is 25.6. The number of aliphatic hydroxyl groups is 1. The molecule has 2 aromatic rings. The van der Waals surface area contributed by atoms with Crippen LogP contribution in [0.25, 0.3) is 0 Å². The minimum absolute atomic E-state index is 0.00119. The maximum Gasteiger partial charge on any atom is 0.166 e. The number of hydrogen-bond donors (Lipinski definition) is 2. The number of phenols is 1. The molecule has 4 bridgehead atoms. The number of hydrogen-bond acceptors (Lipinski definition) is 6. The fourth-order valence-corrected chi connectivity index (χ4v) is 11.5. The number of rotatable bonds is 7. The van der Waals surface area contributed by atoms with E-state index < -0.39 is 16.8 Å². The first-order valence-corrected chi connectivity index (χ1v) is 15.7. The van der Waals surface area contributed by atoms with Gasteiger partial charge in [-0.3, -0.25) is 4.90 Å². The van der Waals surface area contributed by atoms with Gasteiger partial charge in [0.2, 0.25) is 0 Å². The Morgan fingerprint density at radius 1 is 1.21 bits per heavy atom. The average Bonchev–Trinajstić information content (AvgIpc) is 3.45. The molecule has 4 saturated carbocycles. The molecular weight excluding hydrogens is 494 g/mol. The summed E-state index contributed by atoms with van der Waals surface area (Å²) in [6.07, 6.45) is 9.30. The third-order valence-electron chi connectivity index (χ3n) is 12.5. The van der Waals surface area contributed by atoms with Gasteiger partial charge in [0, 0.05) is 41.5 Å². The second kappa shape index (κ2) is 7.57. The van der Waals surface area contributed by atoms with Crippen molar-refractivity contribution in [2.75, 3.05) is 20.2 Å². The van der Waals surface area contributed by atoms with Crippen molar-refractivity contribution in [1.29, 1.82) is 0 Å². The number of phenolic OH excluding ortho intramolecular Hbond substituents is 1. The summed E-state index contributed by atoms with van der Waals surface area (Å²) in [5.41, 5.74) is 0.256. The molecule has 3 heterocycles. The largest absolute Gasteiger partial charge is 0.504 e. The van der Waals surface area contributed by atoms with Crippen molar-refractivity contribution in [3.8, 4) is 11.5 Å². The number of aryl methyl sites for hydroxylation is 1. The summed E-state index contributed by atoms with van der Waals surface area (Å²) in [6, 6.07) is 8.73. The van der Waals surface area contributed by atoms with Crippen molar-refractivity contribution in [2.24, 2.45) is 17.3 Å². The maximum absolute atomic E-state index is 12.4. The molecule has 2 unspecified atom stereocenters. The molecule has 6 heteroatoms. The van der Waals surface area contributed by atoms with E-state index in [1.807, 2.05) is 13.2 Å². The van der Waals surface area contributed by atoms with E-state index in [9.17, 15) is 10.2 Å². The number of ether oxygens (including phenoxy) is 2. The minimum Gasteiger partial charge on any atom is -0.504 e. The lowest BCUT2D eigenvalue weighted by Crippen LogP contribution is -2.87. The predicted octanol–water partition coefficient (Wildman–Crippen LogP) is 5.45. The Labute approximate surface area is 230 Å². The highest BCUT2D eigenvalue weighted by atomic mass is 32.1. The van der Waals surface area contributed by atoms with Gasteiger partial charge >= 0.3 is 0 Å². The number of likely N-dealkylation sites (tertiary alicyclic amines) is 1. The van der Waals surface area contributed by atoms with Crippen LogP contribution < -0.4 is 4.74 Å². The van der Waals surface area contributed by atoms with Crippen molar-refractivity contribution in [3.05, 3.63) is 45.6 Å². The van der Waals surface area contributed by atoms with Crippen LogP contribution in [0.4, 0.5) is 0 Å². The molecule has 5 nitrogen and oxygen atoms in total. The van der Waals surface area contributed by atoms with Crippen LogP contribution in [0.15, 0.2) is 29.6 Å². The highest BCUT2D eigenvalue weighted by Gasteiger charge is 2.86. The van der Waals surface area contributed by atoms with E-state index >= 15 is 0 Å². The third-order valence-corrected chi connectivity index (χ3v) is 13.5. The van der Waals surface area contributed by atoms with Gasteiger partial charge in [0.1, 0.15) is 11.2 Å². The van der Waals surface area contributed by atoms with Gasteiger partial charge in [-0.25, -0.2) is 0 Å². The number of methoxy groups -OCH3 is 1. The molecule has 5 aliphatic carbocycles. The smallest absolute Gasteiger partial charge is 0.166 e. The molecule has 0 radical (unpaired) electrons. The average molecular weight is 536 g/mol. The summed E-state index contributed by atoms with van der Waals surface area (Å²) in [7, 11) is 1.85. The van der Waals surface area contributed by atoms with Gasteiger partial charge in [-0.05, 0) is 107 Å². The van der Waals surface area contributed by atoms with E-state index in [1.165, 1.54) is 35.4 Å². The van der Waals surface area contributed by atoms with Crippen molar-refractivity contribution in [3.63, 3.8) is 0 Å². The van der Waals surface area contributed by atoms with Crippen LogP contribution >= 0.6 is 11.3 Å². The molecule has 38 heavy (non-hydrogen) atoms. The van der Waals surface area contributed by atoms with Crippen LogP contribution in [0.2, 0.25) is 0 Å². The zero-order valence-corrected chi connectivity index (χ0v) is 23.8. The molecule has 2 N–H and O–H groups in total. The lowest BCUT2D eigenvalue weighted by atomic mass is 9.30. The van der Waals surface area contributed by atoms with Gasteiger partial charge in [-0.15, -0.1) is 11.3 Å².